The number of aliphatic imine (C=N–C) groups is 1. The van der Waals surface area contributed by atoms with Crippen LogP contribution in [0.5, 0.6) is 0 Å². The fraction of sp³-hybridized carbons (Fsp3) is 0.273. The number of aromatic nitrogens is 1. The molecule has 0 fully saturated rings. The molecular weight excluding hydrogens is 256 g/mol. The van der Waals surface area contributed by atoms with Gasteiger partial charge in [0.05, 0.1) is 15.4 Å². The highest BCUT2D eigenvalue weighted by Gasteiger charge is 2.17. The van der Waals surface area contributed by atoms with Gasteiger partial charge in [-0.15, -0.1) is 34.4 Å². The largest absolute Gasteiger partial charge is 0.276 e. The van der Waals surface area contributed by atoms with Crippen LogP contribution in [0.25, 0.3) is 9.88 Å². The predicted molar refractivity (Wildman–Crippen MR) is 74.0 cm³/mol. The summed E-state index contributed by atoms with van der Waals surface area (Å²) in [5.74, 6) is 1.11. The molecule has 0 saturated heterocycles. The third kappa shape index (κ3) is 1.83. The first-order valence-corrected chi connectivity index (χ1v) is 7.72. The molecule has 3 heterocycles. The Morgan fingerprint density at radius 3 is 3.00 bits per heavy atom. The molecule has 0 radical (unpaired) electrons. The number of thiophene rings is 1. The van der Waals surface area contributed by atoms with Gasteiger partial charge in [0.15, 0.2) is 0 Å². The van der Waals surface area contributed by atoms with E-state index in [0.717, 1.165) is 23.0 Å². The van der Waals surface area contributed by atoms with E-state index in [1.807, 2.05) is 11.8 Å². The van der Waals surface area contributed by atoms with E-state index < -0.39 is 0 Å². The van der Waals surface area contributed by atoms with Crippen molar-refractivity contribution in [1.82, 2.24) is 4.98 Å². The van der Waals surface area contributed by atoms with Crippen LogP contribution in [0.3, 0.4) is 0 Å². The summed E-state index contributed by atoms with van der Waals surface area (Å²) in [6.07, 6.45) is 0. The van der Waals surface area contributed by atoms with Crippen molar-refractivity contribution < 1.29 is 0 Å². The molecule has 0 aliphatic carbocycles. The third-order valence-corrected chi connectivity index (χ3v) is 5.63. The average molecular weight is 266 g/mol. The lowest BCUT2D eigenvalue weighted by Gasteiger charge is -1.93. The molecule has 0 bridgehead atoms. The van der Waals surface area contributed by atoms with Crippen molar-refractivity contribution in [2.75, 3.05) is 12.3 Å². The Morgan fingerprint density at radius 2 is 2.31 bits per heavy atom. The Hall–Kier alpha value is -0.650. The van der Waals surface area contributed by atoms with Crippen LogP contribution in [0.4, 0.5) is 0 Å². The van der Waals surface area contributed by atoms with Gasteiger partial charge in [0.2, 0.25) is 0 Å². The van der Waals surface area contributed by atoms with E-state index in [9.17, 15) is 0 Å². The predicted octanol–water partition coefficient (Wildman–Crippen LogP) is 3.67. The zero-order valence-electron chi connectivity index (χ0n) is 8.77. The van der Waals surface area contributed by atoms with Crippen LogP contribution >= 0.6 is 34.4 Å². The lowest BCUT2D eigenvalue weighted by molar-refractivity contribution is 1.17. The van der Waals surface area contributed by atoms with Crippen molar-refractivity contribution in [3.05, 3.63) is 28.1 Å². The molecule has 0 aromatic carbocycles. The number of hydrogen-bond donors (Lipinski definition) is 0. The Bertz CT molecular complexity index is 525. The van der Waals surface area contributed by atoms with Crippen LogP contribution in [0.2, 0.25) is 0 Å². The maximum Gasteiger partial charge on any atom is 0.134 e. The minimum absolute atomic E-state index is 0.950. The van der Waals surface area contributed by atoms with Gasteiger partial charge in [-0.2, -0.15) is 0 Å². The standard InChI is InChI=1S/C11H10N2S3/c1-7-9(11-12-4-6-15-11)16-10(13-7)8-3-2-5-14-8/h2-3,5H,4,6H2,1H3. The average Bonchev–Trinajstić information content (AvgIpc) is 2.97. The van der Waals surface area contributed by atoms with Crippen molar-refractivity contribution in [3.63, 3.8) is 0 Å². The van der Waals surface area contributed by atoms with Gasteiger partial charge in [-0.05, 0) is 18.4 Å². The number of nitrogens with zero attached hydrogens (tertiary/aromatic N) is 2. The first-order valence-electron chi connectivity index (χ1n) is 5.03. The molecule has 0 unspecified atom stereocenters. The first kappa shape index (κ1) is 10.5. The molecule has 16 heavy (non-hydrogen) atoms. The molecule has 82 valence electrons. The fourth-order valence-corrected chi connectivity index (χ4v) is 4.48. The van der Waals surface area contributed by atoms with Crippen LogP contribution in [0.1, 0.15) is 10.6 Å². The molecule has 0 spiro atoms. The molecule has 1 aliphatic heterocycles. The van der Waals surface area contributed by atoms with E-state index in [-0.39, 0.29) is 0 Å². The number of thioether (sulfide) groups is 1. The van der Waals surface area contributed by atoms with Crippen molar-refractivity contribution in [1.29, 1.82) is 0 Å². The van der Waals surface area contributed by atoms with Gasteiger partial charge in [-0.25, -0.2) is 4.98 Å². The smallest absolute Gasteiger partial charge is 0.134 e. The second-order valence-corrected chi connectivity index (χ2v) is 6.48. The molecule has 3 rings (SSSR count). The molecule has 5 heteroatoms. The molecular formula is C11H10N2S3. The second-order valence-electron chi connectivity index (χ2n) is 3.45. The van der Waals surface area contributed by atoms with Crippen LogP contribution in [-0.2, 0) is 0 Å². The lowest BCUT2D eigenvalue weighted by atomic mass is 10.4. The molecule has 0 atom stereocenters. The normalized spacial score (nSPS) is 15.4. The van der Waals surface area contributed by atoms with Crippen LogP contribution in [0.15, 0.2) is 22.5 Å². The highest BCUT2D eigenvalue weighted by molar-refractivity contribution is 8.15. The monoisotopic (exact) mass is 266 g/mol. The Labute approximate surface area is 106 Å². The Balaban J connectivity index is 2.02. The van der Waals surface area contributed by atoms with E-state index in [1.54, 1.807) is 22.7 Å². The van der Waals surface area contributed by atoms with Crippen LogP contribution < -0.4 is 0 Å². The minimum atomic E-state index is 0.950. The second kappa shape index (κ2) is 4.31. The first-order chi connectivity index (χ1) is 7.84. The summed E-state index contributed by atoms with van der Waals surface area (Å²) in [6, 6.07) is 4.19. The van der Waals surface area contributed by atoms with Crippen molar-refractivity contribution in [2.45, 2.75) is 6.92 Å². The van der Waals surface area contributed by atoms with Gasteiger partial charge in [0, 0.05) is 12.3 Å². The maximum atomic E-state index is 4.63. The van der Waals surface area contributed by atoms with Crippen molar-refractivity contribution in [2.24, 2.45) is 4.99 Å². The van der Waals surface area contributed by atoms with Gasteiger partial charge in [-0.3, -0.25) is 4.99 Å². The summed E-state index contributed by atoms with van der Waals surface area (Å²) >= 11 is 5.35. The molecule has 0 saturated carbocycles. The third-order valence-electron chi connectivity index (χ3n) is 2.31. The van der Waals surface area contributed by atoms with Gasteiger partial charge in [0.1, 0.15) is 10.1 Å². The zero-order valence-corrected chi connectivity index (χ0v) is 11.2. The van der Waals surface area contributed by atoms with Gasteiger partial charge in [0.25, 0.3) is 0 Å². The summed E-state index contributed by atoms with van der Waals surface area (Å²) in [4.78, 5) is 11.7. The Kier molecular flexibility index (Phi) is 2.83. The Morgan fingerprint density at radius 1 is 1.38 bits per heavy atom. The zero-order chi connectivity index (χ0) is 11.0. The summed E-state index contributed by atoms with van der Waals surface area (Å²) < 4.78 is 0. The van der Waals surface area contributed by atoms with E-state index in [4.69, 9.17) is 0 Å². The SMILES string of the molecule is Cc1nc(-c2cccs2)sc1C1=NCCS1. The van der Waals surface area contributed by atoms with Gasteiger partial charge < -0.3 is 0 Å². The van der Waals surface area contributed by atoms with Crippen LogP contribution in [0, 0.1) is 6.92 Å². The highest BCUT2D eigenvalue weighted by Crippen LogP contribution is 2.34. The molecule has 2 aromatic heterocycles. The molecule has 2 nitrogen and oxygen atoms in total. The van der Waals surface area contributed by atoms with Crippen molar-refractivity contribution in [3.8, 4) is 9.88 Å². The number of hydrogen-bond acceptors (Lipinski definition) is 5. The highest BCUT2D eigenvalue weighted by atomic mass is 32.2. The van der Waals surface area contributed by atoms with Crippen molar-refractivity contribution >= 4 is 39.5 Å². The van der Waals surface area contributed by atoms with Gasteiger partial charge >= 0.3 is 0 Å². The fourth-order valence-electron chi connectivity index (χ4n) is 1.57. The van der Waals surface area contributed by atoms with E-state index in [1.165, 1.54) is 14.8 Å². The summed E-state index contributed by atoms with van der Waals surface area (Å²) in [7, 11) is 0. The molecule has 0 amide bonds. The number of aryl methyl sites for hydroxylation is 1. The number of thiazole rings is 1. The minimum Gasteiger partial charge on any atom is -0.276 e. The molecule has 0 N–H and O–H groups in total. The summed E-state index contributed by atoms with van der Waals surface area (Å²) in [5.41, 5.74) is 1.11. The van der Waals surface area contributed by atoms with E-state index in [2.05, 4.69) is 34.4 Å². The molecule has 1 aliphatic rings. The quantitative estimate of drug-likeness (QED) is 0.828. The van der Waals surface area contributed by atoms with E-state index in [0.29, 0.717) is 0 Å². The maximum absolute atomic E-state index is 4.63. The van der Waals surface area contributed by atoms with Gasteiger partial charge in [-0.1, -0.05) is 6.07 Å². The van der Waals surface area contributed by atoms with Crippen LogP contribution in [-0.4, -0.2) is 22.3 Å². The molecule has 2 aromatic rings. The topological polar surface area (TPSA) is 25.2 Å². The summed E-state index contributed by atoms with van der Waals surface area (Å²) in [5, 5.41) is 4.39. The van der Waals surface area contributed by atoms with E-state index >= 15 is 0 Å². The lowest BCUT2D eigenvalue weighted by Crippen LogP contribution is -1.90. The number of rotatable bonds is 2. The summed E-state index contributed by atoms with van der Waals surface area (Å²) in [6.45, 7) is 3.02.